The third-order valence-corrected chi connectivity index (χ3v) is 6.90. The molecule has 0 spiro atoms. The topological polar surface area (TPSA) is 165 Å². The van der Waals surface area contributed by atoms with Gasteiger partial charge in [-0.05, 0) is 32.1 Å². The lowest BCUT2D eigenvalue weighted by molar-refractivity contribution is -0.133. The normalized spacial score (nSPS) is 11.4. The molecule has 0 heterocycles. The lowest BCUT2D eigenvalue weighted by Crippen LogP contribution is -2.36. The number of ether oxygens (including phenoxy) is 1. The van der Waals surface area contributed by atoms with Gasteiger partial charge < -0.3 is 35.0 Å². The van der Waals surface area contributed by atoms with E-state index >= 15 is 0 Å². The van der Waals surface area contributed by atoms with Crippen molar-refractivity contribution in [3.8, 4) is 0 Å². The Kier molecular flexibility index (Phi) is 31.7. The lowest BCUT2D eigenvalue weighted by Gasteiger charge is -2.23. The monoisotopic (exact) mass is 618 g/mol. The first-order valence-electron chi connectivity index (χ1n) is 16.4. The fourth-order valence-corrected chi connectivity index (χ4v) is 4.22. The zero-order chi connectivity index (χ0) is 32.7. The van der Waals surface area contributed by atoms with Gasteiger partial charge >= 0.3 is 0 Å². The van der Waals surface area contributed by atoms with Crippen molar-refractivity contribution in [2.45, 2.75) is 123 Å². The number of ketones is 2. The van der Waals surface area contributed by atoms with Crippen molar-refractivity contribution in [2.75, 3.05) is 59.2 Å². The van der Waals surface area contributed by atoms with Gasteiger partial charge in [0.15, 0.2) is 5.78 Å². The predicted molar refractivity (Wildman–Crippen MR) is 168 cm³/mol. The first kappa shape index (κ1) is 43.2. The Labute approximate surface area is 260 Å². The average Bonchev–Trinajstić information content (AvgIpc) is 3.00. The van der Waals surface area contributed by atoms with Crippen LogP contribution in [0.3, 0.4) is 0 Å². The molecule has 1 atom stereocenters. The molecule has 0 bridgehead atoms. The van der Waals surface area contributed by atoms with Crippen LogP contribution in [0.1, 0.15) is 117 Å². The van der Waals surface area contributed by atoms with E-state index < -0.39 is 11.9 Å². The summed E-state index contributed by atoms with van der Waals surface area (Å²) in [5, 5.41) is 35.9. The SMILES string of the molecule is CCC(O)C(=O)CC(=O)CCCO.CCCCCCC(=O)N(CCO)CCCOCCN(CCO)C(=O)CCCCCC. The maximum Gasteiger partial charge on any atom is 0.222 e. The van der Waals surface area contributed by atoms with E-state index in [0.29, 0.717) is 71.5 Å². The Bertz CT molecular complexity index is 668. The number of Topliss-reactive ketones (excluding diaryl/α,β-unsaturated/α-hetero) is 2. The zero-order valence-corrected chi connectivity index (χ0v) is 27.3. The third-order valence-electron chi connectivity index (χ3n) is 6.90. The second kappa shape index (κ2) is 31.5. The van der Waals surface area contributed by atoms with Gasteiger partial charge in [0.25, 0.3) is 0 Å². The number of aliphatic hydroxyl groups is 4. The summed E-state index contributed by atoms with van der Waals surface area (Å²) in [5.41, 5.74) is 0. The highest BCUT2D eigenvalue weighted by atomic mass is 16.5. The molecule has 1 unspecified atom stereocenters. The van der Waals surface area contributed by atoms with Crippen LogP contribution >= 0.6 is 0 Å². The Morgan fingerprint density at radius 1 is 0.605 bits per heavy atom. The molecule has 0 aromatic carbocycles. The molecule has 11 nitrogen and oxygen atoms in total. The molecular weight excluding hydrogens is 556 g/mol. The molecule has 0 saturated carbocycles. The van der Waals surface area contributed by atoms with Crippen LogP contribution in [0.15, 0.2) is 0 Å². The van der Waals surface area contributed by atoms with Crippen LogP contribution in [0.4, 0.5) is 0 Å². The molecule has 0 aromatic heterocycles. The van der Waals surface area contributed by atoms with E-state index in [2.05, 4.69) is 13.8 Å². The largest absolute Gasteiger partial charge is 0.396 e. The fourth-order valence-electron chi connectivity index (χ4n) is 4.22. The average molecular weight is 619 g/mol. The van der Waals surface area contributed by atoms with Crippen LogP contribution in [0, 0.1) is 0 Å². The predicted octanol–water partition coefficient (Wildman–Crippen LogP) is 3.03. The van der Waals surface area contributed by atoms with Crippen LogP contribution in [0.2, 0.25) is 0 Å². The summed E-state index contributed by atoms with van der Waals surface area (Å²) in [5.74, 6) is -0.466. The van der Waals surface area contributed by atoms with Crippen molar-refractivity contribution in [1.82, 2.24) is 9.80 Å². The molecule has 0 aliphatic carbocycles. The summed E-state index contributed by atoms with van der Waals surface area (Å²) < 4.78 is 5.65. The number of nitrogens with zero attached hydrogens (tertiary/aromatic N) is 2. The quantitative estimate of drug-likeness (QED) is 0.0762. The Hall–Kier alpha value is -1.92. The standard InChI is InChI=1S/C23H46N2O5.C9H16O4/c1-3-5-7-9-12-22(28)24(15-18-26)14-11-20-30-21-17-25(16-19-27)23(29)13-10-8-6-4-2;1-2-8(12)9(13)6-7(11)4-3-5-10/h26-27H,3-21H2,1-2H3;8,10,12H,2-6H2,1H3. The van der Waals surface area contributed by atoms with Gasteiger partial charge in [0, 0.05) is 58.7 Å². The first-order valence-corrected chi connectivity index (χ1v) is 16.4. The number of carbonyl (C=O) groups excluding carboxylic acids is 4. The number of hydrogen-bond donors (Lipinski definition) is 4. The highest BCUT2D eigenvalue weighted by molar-refractivity contribution is 6.00. The molecule has 43 heavy (non-hydrogen) atoms. The van der Waals surface area contributed by atoms with Gasteiger partial charge in [-0.15, -0.1) is 0 Å². The maximum absolute atomic E-state index is 12.3. The zero-order valence-electron chi connectivity index (χ0n) is 27.3. The Morgan fingerprint density at radius 3 is 1.60 bits per heavy atom. The van der Waals surface area contributed by atoms with Gasteiger partial charge in [-0.2, -0.15) is 0 Å². The summed E-state index contributed by atoms with van der Waals surface area (Å²) in [6.07, 6.45) is 9.97. The lowest BCUT2D eigenvalue weighted by atomic mass is 10.1. The van der Waals surface area contributed by atoms with Crippen molar-refractivity contribution in [3.05, 3.63) is 0 Å². The number of unbranched alkanes of at least 4 members (excludes halogenated alkanes) is 6. The van der Waals surface area contributed by atoms with E-state index in [9.17, 15) is 29.4 Å². The highest BCUT2D eigenvalue weighted by Crippen LogP contribution is 2.07. The molecule has 0 rings (SSSR count). The van der Waals surface area contributed by atoms with Gasteiger partial charge in [0.1, 0.15) is 11.9 Å². The highest BCUT2D eigenvalue weighted by Gasteiger charge is 2.16. The van der Waals surface area contributed by atoms with Crippen molar-refractivity contribution in [3.63, 3.8) is 0 Å². The van der Waals surface area contributed by atoms with Crippen molar-refractivity contribution >= 4 is 23.4 Å². The summed E-state index contributed by atoms with van der Waals surface area (Å²) in [4.78, 5) is 49.9. The van der Waals surface area contributed by atoms with Gasteiger partial charge in [-0.1, -0.05) is 59.3 Å². The first-order chi connectivity index (χ1) is 20.7. The smallest absolute Gasteiger partial charge is 0.222 e. The van der Waals surface area contributed by atoms with E-state index in [-0.39, 0.29) is 50.3 Å². The molecule has 0 aliphatic heterocycles. The molecule has 0 fully saturated rings. The molecule has 254 valence electrons. The second-order valence-corrected chi connectivity index (χ2v) is 10.7. The van der Waals surface area contributed by atoms with Crippen LogP contribution in [-0.4, -0.2) is 119 Å². The second-order valence-electron chi connectivity index (χ2n) is 10.7. The number of hydrogen-bond acceptors (Lipinski definition) is 9. The summed E-state index contributed by atoms with van der Waals surface area (Å²) in [6.45, 7) is 8.53. The molecular formula is C32H62N2O9. The van der Waals surface area contributed by atoms with E-state index in [1.807, 2.05) is 0 Å². The minimum atomic E-state index is -1.02. The Morgan fingerprint density at radius 2 is 1.14 bits per heavy atom. The molecule has 4 N–H and O–H groups in total. The summed E-state index contributed by atoms with van der Waals surface area (Å²) in [6, 6.07) is 0. The van der Waals surface area contributed by atoms with Crippen LogP contribution in [0.5, 0.6) is 0 Å². The molecule has 0 aromatic rings. The Balaban J connectivity index is 0. The minimum absolute atomic E-state index is 0.0297. The summed E-state index contributed by atoms with van der Waals surface area (Å²) >= 11 is 0. The van der Waals surface area contributed by atoms with Crippen LogP contribution in [-0.2, 0) is 23.9 Å². The number of amides is 2. The number of carbonyl (C=O) groups is 4. The minimum Gasteiger partial charge on any atom is -0.396 e. The maximum atomic E-state index is 12.3. The van der Waals surface area contributed by atoms with Gasteiger partial charge in [0.2, 0.25) is 11.8 Å². The van der Waals surface area contributed by atoms with Crippen molar-refractivity contribution in [1.29, 1.82) is 0 Å². The van der Waals surface area contributed by atoms with E-state index in [1.54, 1.807) is 16.7 Å². The number of rotatable bonds is 28. The van der Waals surface area contributed by atoms with E-state index in [0.717, 1.165) is 51.4 Å². The molecule has 0 saturated heterocycles. The molecule has 11 heteroatoms. The summed E-state index contributed by atoms with van der Waals surface area (Å²) in [7, 11) is 0. The van der Waals surface area contributed by atoms with Gasteiger partial charge in [0.05, 0.1) is 26.2 Å². The van der Waals surface area contributed by atoms with E-state index in [1.165, 1.54) is 0 Å². The van der Waals surface area contributed by atoms with Crippen LogP contribution < -0.4 is 0 Å². The fraction of sp³-hybridized carbons (Fsp3) is 0.875. The van der Waals surface area contributed by atoms with Gasteiger partial charge in [-0.25, -0.2) is 0 Å². The van der Waals surface area contributed by atoms with Crippen LogP contribution in [0.25, 0.3) is 0 Å². The molecule has 0 radical (unpaired) electrons. The third kappa shape index (κ3) is 26.2. The van der Waals surface area contributed by atoms with Crippen molar-refractivity contribution < 1.29 is 44.3 Å². The molecule has 2 amide bonds. The molecule has 0 aliphatic rings. The van der Waals surface area contributed by atoms with Crippen molar-refractivity contribution in [2.24, 2.45) is 0 Å². The van der Waals surface area contributed by atoms with E-state index in [4.69, 9.17) is 14.9 Å². The number of aliphatic hydroxyl groups excluding tert-OH is 4. The van der Waals surface area contributed by atoms with Gasteiger partial charge in [-0.3, -0.25) is 19.2 Å².